The molecular formula is C27H39BrN4O10. The van der Waals surface area contributed by atoms with Crippen molar-refractivity contribution in [2.45, 2.75) is 52.0 Å². The van der Waals surface area contributed by atoms with E-state index in [1.54, 1.807) is 18.2 Å². The second kappa shape index (κ2) is 27.5. The summed E-state index contributed by atoms with van der Waals surface area (Å²) in [7, 11) is 0. The fourth-order valence-electron chi connectivity index (χ4n) is 3.09. The highest BCUT2D eigenvalue weighted by atomic mass is 79.9. The highest BCUT2D eigenvalue weighted by molar-refractivity contribution is 9.12. The van der Waals surface area contributed by atoms with E-state index < -0.39 is 5.91 Å². The van der Waals surface area contributed by atoms with Crippen molar-refractivity contribution in [3.63, 3.8) is 0 Å². The predicted molar refractivity (Wildman–Crippen MR) is 153 cm³/mol. The maximum absolute atomic E-state index is 12.2. The molecule has 0 bridgehead atoms. The number of benzene rings is 1. The molecule has 0 heterocycles. The largest absolute Gasteiger partial charge is 0.506 e. The van der Waals surface area contributed by atoms with Crippen LogP contribution in [0.25, 0.3) is 0 Å². The number of carbonyl (C=O) groups excluding carboxylic acids is 7. The van der Waals surface area contributed by atoms with E-state index in [2.05, 4.69) is 38.8 Å². The summed E-state index contributed by atoms with van der Waals surface area (Å²) in [6.45, 7) is 5.90. The Morgan fingerprint density at radius 1 is 0.976 bits per heavy atom. The number of halogens is 1. The summed E-state index contributed by atoms with van der Waals surface area (Å²) in [5.74, 6) is -1.02. The van der Waals surface area contributed by atoms with Crippen LogP contribution < -0.4 is 21.7 Å². The predicted octanol–water partition coefficient (Wildman–Crippen LogP) is 1.18. The Labute approximate surface area is 252 Å². The third-order valence-electron chi connectivity index (χ3n) is 4.89. The summed E-state index contributed by atoms with van der Waals surface area (Å²) in [4.78, 5) is 68.1. The van der Waals surface area contributed by atoms with Crippen LogP contribution in [0.5, 0.6) is 5.75 Å². The first-order valence-corrected chi connectivity index (χ1v) is 13.8. The second-order valence-corrected chi connectivity index (χ2v) is 9.19. The average Bonchev–Trinajstić information content (AvgIpc) is 2.93. The molecule has 0 aliphatic rings. The van der Waals surface area contributed by atoms with Gasteiger partial charge in [0.05, 0.1) is 43.0 Å². The van der Waals surface area contributed by atoms with Crippen LogP contribution in [-0.2, 0) is 49.5 Å². The van der Waals surface area contributed by atoms with Gasteiger partial charge in [0.25, 0.3) is 5.91 Å². The number of ether oxygens (including phenoxy) is 2. The van der Waals surface area contributed by atoms with E-state index in [-0.39, 0.29) is 66.6 Å². The highest BCUT2D eigenvalue weighted by Gasteiger charge is 2.10. The van der Waals surface area contributed by atoms with E-state index in [9.17, 15) is 19.5 Å². The quantitative estimate of drug-likeness (QED) is 0.0856. The van der Waals surface area contributed by atoms with Gasteiger partial charge in [-0.25, -0.2) is 0 Å². The summed E-state index contributed by atoms with van der Waals surface area (Å²) >= 11 is 3.08. The Balaban J connectivity index is 0. The second-order valence-electron chi connectivity index (χ2n) is 8.33. The van der Waals surface area contributed by atoms with Gasteiger partial charge in [-0.05, 0) is 52.9 Å². The fourth-order valence-corrected chi connectivity index (χ4v) is 3.43. The number of aromatic hydroxyl groups is 1. The Morgan fingerprint density at radius 2 is 1.60 bits per heavy atom. The molecule has 1 aromatic rings. The van der Waals surface area contributed by atoms with Gasteiger partial charge in [0, 0.05) is 25.2 Å². The molecular weight excluding hydrogens is 620 g/mol. The van der Waals surface area contributed by atoms with Crippen molar-refractivity contribution in [3.8, 4) is 5.75 Å². The fraction of sp³-hybridized carbons (Fsp3) is 0.519. The number of anilines is 1. The molecule has 0 fully saturated rings. The zero-order chi connectivity index (χ0) is 32.2. The normalized spacial score (nSPS) is 10.8. The van der Waals surface area contributed by atoms with Crippen molar-refractivity contribution in [2.75, 3.05) is 44.8 Å². The number of amides is 3. The number of hydrogen-bond donors (Lipinski definition) is 5. The van der Waals surface area contributed by atoms with Gasteiger partial charge >= 0.3 is 12.3 Å². The number of rotatable bonds is 18. The molecule has 0 aromatic heterocycles. The number of carbonyl (C=O) groups is 3. The van der Waals surface area contributed by atoms with Crippen molar-refractivity contribution in [2.24, 2.45) is 5.73 Å². The highest BCUT2D eigenvalue weighted by Crippen LogP contribution is 2.25. The maximum Gasteiger partial charge on any atom is 0.373 e. The lowest BCUT2D eigenvalue weighted by Crippen LogP contribution is -2.28. The third kappa shape index (κ3) is 23.0. The molecule has 0 aliphatic carbocycles. The Kier molecular flexibility index (Phi) is 26.4. The minimum absolute atomic E-state index is 0.000167. The topological polar surface area (TPSA) is 220 Å². The van der Waals surface area contributed by atoms with E-state index >= 15 is 0 Å². The van der Waals surface area contributed by atoms with Crippen LogP contribution in [0, 0.1) is 0 Å². The Hall–Kier alpha value is -3.71. The van der Waals surface area contributed by atoms with E-state index in [0.29, 0.717) is 31.9 Å². The SMILES string of the molecule is CCCNC(=O)/C(Br)=C\C(=O)NCCOCCOCCC(=O)Nc1cc(C[C@H](N)CCC)ccc1O.O=C=O.O=C=O. The van der Waals surface area contributed by atoms with Gasteiger partial charge in [-0.3, -0.25) is 14.4 Å². The molecule has 1 atom stereocenters. The molecule has 234 valence electrons. The molecule has 1 aromatic carbocycles. The van der Waals surface area contributed by atoms with Crippen molar-refractivity contribution in [1.82, 2.24) is 10.6 Å². The first-order chi connectivity index (χ1) is 20.1. The van der Waals surface area contributed by atoms with Gasteiger partial charge in [-0.2, -0.15) is 19.2 Å². The molecule has 0 saturated heterocycles. The van der Waals surface area contributed by atoms with Crippen molar-refractivity contribution < 1.29 is 48.1 Å². The monoisotopic (exact) mass is 658 g/mol. The number of nitrogens with one attached hydrogen (secondary N) is 3. The molecule has 0 aliphatic heterocycles. The standard InChI is InChI=1S/C25H39BrN4O6.2CO2/c1-3-5-19(27)15-18-6-7-22(31)21(16-18)30-23(32)8-11-35-13-14-36-12-10-28-24(33)17-20(26)25(34)29-9-4-2;2*2-1-3/h6-7,16-17,19,31H,3-5,8-15,27H2,1-2H3,(H,28,33)(H,29,34)(H,30,32);;/b20-17+;;/t19-;;/m1../s1. The van der Waals surface area contributed by atoms with Crippen molar-refractivity contribution in [3.05, 3.63) is 34.3 Å². The van der Waals surface area contributed by atoms with E-state index in [1.807, 2.05) is 6.92 Å². The zero-order valence-corrected chi connectivity index (χ0v) is 25.3. The summed E-state index contributed by atoms with van der Waals surface area (Å²) in [5.41, 5.74) is 7.39. The van der Waals surface area contributed by atoms with Crippen LogP contribution >= 0.6 is 15.9 Å². The molecule has 42 heavy (non-hydrogen) atoms. The van der Waals surface area contributed by atoms with Crippen LogP contribution in [0.1, 0.15) is 45.1 Å². The van der Waals surface area contributed by atoms with Gasteiger partial charge in [-0.15, -0.1) is 0 Å². The van der Waals surface area contributed by atoms with Crippen LogP contribution in [0.3, 0.4) is 0 Å². The summed E-state index contributed by atoms with van der Waals surface area (Å²) < 4.78 is 10.9. The first-order valence-electron chi connectivity index (χ1n) is 13.0. The van der Waals surface area contributed by atoms with Gasteiger partial charge in [0.2, 0.25) is 11.8 Å². The van der Waals surface area contributed by atoms with Gasteiger partial charge in [0.1, 0.15) is 5.75 Å². The molecule has 1 rings (SSSR count). The average molecular weight is 660 g/mol. The van der Waals surface area contributed by atoms with E-state index in [4.69, 9.17) is 34.4 Å². The lowest BCUT2D eigenvalue weighted by molar-refractivity contribution is -0.193. The van der Waals surface area contributed by atoms with E-state index in [1.165, 1.54) is 6.08 Å². The lowest BCUT2D eigenvalue weighted by atomic mass is 10.0. The van der Waals surface area contributed by atoms with Gasteiger partial charge in [-0.1, -0.05) is 26.3 Å². The number of phenolic OH excluding ortho intramolecular Hbond substituents is 1. The third-order valence-corrected chi connectivity index (χ3v) is 5.48. The van der Waals surface area contributed by atoms with Crippen LogP contribution in [-0.4, -0.2) is 80.7 Å². The molecule has 0 radical (unpaired) electrons. The smallest absolute Gasteiger partial charge is 0.373 e. The zero-order valence-electron chi connectivity index (χ0n) is 23.7. The van der Waals surface area contributed by atoms with Crippen molar-refractivity contribution >= 4 is 51.6 Å². The maximum atomic E-state index is 12.2. The minimum Gasteiger partial charge on any atom is -0.506 e. The molecule has 6 N–H and O–H groups in total. The summed E-state index contributed by atoms with van der Waals surface area (Å²) in [5, 5.41) is 18.0. The number of phenols is 1. The lowest BCUT2D eigenvalue weighted by Gasteiger charge is -2.13. The molecule has 14 nitrogen and oxygen atoms in total. The van der Waals surface area contributed by atoms with Crippen molar-refractivity contribution in [1.29, 1.82) is 0 Å². The first kappa shape index (κ1) is 40.4. The minimum atomic E-state index is -0.403. The molecule has 0 unspecified atom stereocenters. The van der Waals surface area contributed by atoms with Gasteiger partial charge in [0.15, 0.2) is 0 Å². The molecule has 15 heteroatoms. The van der Waals surface area contributed by atoms with Crippen LogP contribution in [0.15, 0.2) is 28.8 Å². The Bertz CT molecular complexity index is 1030. The summed E-state index contributed by atoms with van der Waals surface area (Å²) in [6, 6.07) is 5.14. The number of nitrogens with two attached hydrogens (primary N) is 1. The number of hydrogen-bond acceptors (Lipinski definition) is 11. The Morgan fingerprint density at radius 3 is 2.19 bits per heavy atom. The van der Waals surface area contributed by atoms with Crippen LogP contribution in [0.4, 0.5) is 5.69 Å². The van der Waals surface area contributed by atoms with E-state index in [0.717, 1.165) is 24.8 Å². The van der Waals surface area contributed by atoms with Gasteiger partial charge < -0.3 is 36.3 Å². The summed E-state index contributed by atoms with van der Waals surface area (Å²) in [6.07, 6.45) is 5.20. The molecule has 0 saturated carbocycles. The molecule has 0 spiro atoms. The van der Waals surface area contributed by atoms with Crippen LogP contribution in [0.2, 0.25) is 0 Å². The molecule has 3 amide bonds.